The summed E-state index contributed by atoms with van der Waals surface area (Å²) in [4.78, 5) is 12.7. The molecule has 0 atom stereocenters. The van der Waals surface area contributed by atoms with Crippen molar-refractivity contribution in [2.75, 3.05) is 7.11 Å². The lowest BCUT2D eigenvalue weighted by Crippen LogP contribution is -2.26. The number of halogens is 1. The van der Waals surface area contributed by atoms with Gasteiger partial charge >= 0.3 is 0 Å². The van der Waals surface area contributed by atoms with Crippen molar-refractivity contribution in [2.45, 2.75) is 23.7 Å². The number of methoxy groups -OCH3 is 1. The van der Waals surface area contributed by atoms with Gasteiger partial charge in [0.25, 0.3) is 0 Å². The summed E-state index contributed by atoms with van der Waals surface area (Å²) in [6.45, 7) is 0.320. The van der Waals surface area contributed by atoms with Gasteiger partial charge < -0.3 is 14.6 Å². The van der Waals surface area contributed by atoms with Crippen LogP contribution in [0.4, 0.5) is 4.39 Å². The lowest BCUT2D eigenvalue weighted by atomic mass is 10.2. The summed E-state index contributed by atoms with van der Waals surface area (Å²) in [7, 11) is -2.13. The molecule has 1 N–H and O–H groups in total. The lowest BCUT2D eigenvalue weighted by molar-refractivity contribution is -0.121. The number of ether oxygens (including phenoxy) is 1. The van der Waals surface area contributed by atoms with Crippen LogP contribution in [0.15, 0.2) is 83.9 Å². The number of carbonyl (C=O) groups excluding carboxylic acids is 1. The normalized spacial score (nSPS) is 11.5. The number of amides is 1. The fourth-order valence-corrected chi connectivity index (χ4v) is 5.21. The van der Waals surface area contributed by atoms with Crippen LogP contribution >= 0.6 is 0 Å². The first kappa shape index (κ1) is 22.5. The van der Waals surface area contributed by atoms with E-state index < -0.39 is 15.7 Å². The summed E-state index contributed by atoms with van der Waals surface area (Å²) in [6.07, 6.45) is 1.50. The van der Waals surface area contributed by atoms with Crippen LogP contribution in [-0.4, -0.2) is 26.0 Å². The van der Waals surface area contributed by atoms with E-state index >= 15 is 0 Å². The molecule has 33 heavy (non-hydrogen) atoms. The number of fused-ring (bicyclic) bond motifs is 1. The molecule has 0 aliphatic heterocycles. The van der Waals surface area contributed by atoms with Crippen molar-refractivity contribution in [2.24, 2.45) is 0 Å². The van der Waals surface area contributed by atoms with Gasteiger partial charge in [-0.25, -0.2) is 12.8 Å². The summed E-state index contributed by atoms with van der Waals surface area (Å²) < 4.78 is 46.2. The van der Waals surface area contributed by atoms with E-state index in [1.165, 1.54) is 30.5 Å². The average molecular weight is 467 g/mol. The van der Waals surface area contributed by atoms with E-state index in [0.29, 0.717) is 23.0 Å². The molecule has 170 valence electrons. The molecule has 4 rings (SSSR count). The number of hydrogen-bond donors (Lipinski definition) is 1. The van der Waals surface area contributed by atoms with Gasteiger partial charge in [-0.3, -0.25) is 4.79 Å². The molecule has 0 saturated carbocycles. The molecule has 1 heterocycles. The standard InChI is InChI=1S/C25H23FN2O4S/c1-32-21-12-8-18(9-13-21)14-27-25(29)16-28-15-24(22-4-2-3-5-23(22)28)33(30,31)17-19-6-10-20(26)11-7-19/h2-13,15H,14,16-17H2,1H3,(H,27,29). The van der Waals surface area contributed by atoms with Gasteiger partial charge in [0.1, 0.15) is 18.1 Å². The Bertz CT molecular complexity index is 1380. The van der Waals surface area contributed by atoms with Crippen LogP contribution in [-0.2, 0) is 33.5 Å². The van der Waals surface area contributed by atoms with E-state index in [4.69, 9.17) is 4.74 Å². The molecule has 0 bridgehead atoms. The van der Waals surface area contributed by atoms with Crippen LogP contribution < -0.4 is 10.1 Å². The van der Waals surface area contributed by atoms with E-state index in [1.54, 1.807) is 35.9 Å². The fraction of sp³-hybridized carbons (Fsp3) is 0.160. The summed E-state index contributed by atoms with van der Waals surface area (Å²) >= 11 is 0. The van der Waals surface area contributed by atoms with Gasteiger partial charge in [0.05, 0.1) is 17.8 Å². The summed E-state index contributed by atoms with van der Waals surface area (Å²) in [5.41, 5.74) is 2.06. The molecular weight excluding hydrogens is 443 g/mol. The Balaban J connectivity index is 1.53. The largest absolute Gasteiger partial charge is 0.497 e. The number of carbonyl (C=O) groups is 1. The van der Waals surface area contributed by atoms with Crippen molar-refractivity contribution in [3.63, 3.8) is 0 Å². The second-order valence-corrected chi connectivity index (χ2v) is 9.61. The fourth-order valence-electron chi connectivity index (χ4n) is 3.62. The Morgan fingerprint density at radius 3 is 2.33 bits per heavy atom. The van der Waals surface area contributed by atoms with Crippen molar-refractivity contribution < 1.29 is 22.3 Å². The Kier molecular flexibility index (Phi) is 6.46. The Morgan fingerprint density at radius 1 is 0.970 bits per heavy atom. The van der Waals surface area contributed by atoms with Crippen LogP contribution in [0.2, 0.25) is 0 Å². The quantitative estimate of drug-likeness (QED) is 0.425. The molecule has 0 spiro atoms. The predicted octanol–water partition coefficient (Wildman–Crippen LogP) is 4.08. The SMILES string of the molecule is COc1ccc(CNC(=O)Cn2cc(S(=O)(=O)Cc3ccc(F)cc3)c3ccccc32)cc1. The van der Waals surface area contributed by atoms with Gasteiger partial charge in [0.15, 0.2) is 9.84 Å². The summed E-state index contributed by atoms with van der Waals surface area (Å²) in [5, 5.41) is 3.40. The smallest absolute Gasteiger partial charge is 0.240 e. The molecule has 1 amide bonds. The molecule has 8 heteroatoms. The predicted molar refractivity (Wildman–Crippen MR) is 124 cm³/mol. The van der Waals surface area contributed by atoms with Crippen molar-refractivity contribution in [1.82, 2.24) is 9.88 Å². The maximum absolute atomic E-state index is 13.2. The van der Waals surface area contributed by atoms with Crippen LogP contribution in [0.1, 0.15) is 11.1 Å². The zero-order valence-corrected chi connectivity index (χ0v) is 18.8. The molecule has 6 nitrogen and oxygen atoms in total. The Morgan fingerprint density at radius 2 is 1.64 bits per heavy atom. The molecule has 0 aliphatic rings. The van der Waals surface area contributed by atoms with Crippen molar-refractivity contribution >= 4 is 26.6 Å². The van der Waals surface area contributed by atoms with Gasteiger partial charge in [-0.1, -0.05) is 42.5 Å². The van der Waals surface area contributed by atoms with Crippen molar-refractivity contribution in [3.8, 4) is 5.75 Å². The van der Waals surface area contributed by atoms with E-state index in [9.17, 15) is 17.6 Å². The highest BCUT2D eigenvalue weighted by Gasteiger charge is 2.22. The second-order valence-electron chi connectivity index (χ2n) is 7.65. The van der Waals surface area contributed by atoms with E-state index in [1.807, 2.05) is 24.3 Å². The second kappa shape index (κ2) is 9.46. The number of para-hydroxylation sites is 1. The highest BCUT2D eigenvalue weighted by molar-refractivity contribution is 7.90. The number of hydrogen-bond acceptors (Lipinski definition) is 4. The highest BCUT2D eigenvalue weighted by atomic mass is 32.2. The zero-order chi connectivity index (χ0) is 23.4. The average Bonchev–Trinajstić information content (AvgIpc) is 3.19. The van der Waals surface area contributed by atoms with Crippen LogP contribution in [0.3, 0.4) is 0 Å². The minimum absolute atomic E-state index is 0.0251. The molecule has 3 aromatic carbocycles. The molecule has 0 aliphatic carbocycles. The minimum atomic E-state index is -3.72. The van der Waals surface area contributed by atoms with Crippen LogP contribution in [0.25, 0.3) is 10.9 Å². The maximum Gasteiger partial charge on any atom is 0.240 e. The third kappa shape index (κ3) is 5.23. The first-order valence-electron chi connectivity index (χ1n) is 10.3. The molecule has 1 aromatic heterocycles. The maximum atomic E-state index is 13.2. The topological polar surface area (TPSA) is 77.4 Å². The van der Waals surface area contributed by atoms with E-state index in [-0.39, 0.29) is 23.1 Å². The molecule has 0 fully saturated rings. The van der Waals surface area contributed by atoms with Gasteiger partial charge in [-0.2, -0.15) is 0 Å². The third-order valence-corrected chi connectivity index (χ3v) is 7.03. The number of benzene rings is 3. The summed E-state index contributed by atoms with van der Waals surface area (Å²) in [6, 6.07) is 19.8. The summed E-state index contributed by atoms with van der Waals surface area (Å²) in [5.74, 6) is -0.189. The molecule has 4 aromatic rings. The van der Waals surface area contributed by atoms with Gasteiger partial charge in [0.2, 0.25) is 5.91 Å². The molecule has 0 saturated heterocycles. The van der Waals surface area contributed by atoms with Gasteiger partial charge in [-0.05, 0) is 41.5 Å². The van der Waals surface area contributed by atoms with E-state index in [0.717, 1.165) is 11.3 Å². The third-order valence-electron chi connectivity index (χ3n) is 5.32. The number of sulfone groups is 1. The van der Waals surface area contributed by atoms with Crippen molar-refractivity contribution in [1.29, 1.82) is 0 Å². The zero-order valence-electron chi connectivity index (χ0n) is 18.0. The van der Waals surface area contributed by atoms with E-state index in [2.05, 4.69) is 5.32 Å². The number of nitrogens with zero attached hydrogens (tertiary/aromatic N) is 1. The van der Waals surface area contributed by atoms with Gasteiger partial charge in [-0.15, -0.1) is 0 Å². The monoisotopic (exact) mass is 466 g/mol. The van der Waals surface area contributed by atoms with Crippen molar-refractivity contribution in [3.05, 3.63) is 95.9 Å². The number of rotatable bonds is 8. The van der Waals surface area contributed by atoms with Crippen LogP contribution in [0, 0.1) is 5.82 Å². The first-order valence-corrected chi connectivity index (χ1v) is 12.0. The molecule has 0 radical (unpaired) electrons. The van der Waals surface area contributed by atoms with Crippen LogP contribution in [0.5, 0.6) is 5.75 Å². The first-order chi connectivity index (χ1) is 15.9. The molecule has 0 unspecified atom stereocenters. The lowest BCUT2D eigenvalue weighted by Gasteiger charge is -2.08. The Labute approximate surface area is 191 Å². The number of aromatic nitrogens is 1. The minimum Gasteiger partial charge on any atom is -0.497 e. The van der Waals surface area contributed by atoms with Gasteiger partial charge in [0, 0.05) is 23.6 Å². The number of nitrogens with one attached hydrogen (secondary N) is 1. The highest BCUT2D eigenvalue weighted by Crippen LogP contribution is 2.28. The Hall–Kier alpha value is -3.65. The molecular formula is C25H23FN2O4S.